The predicted octanol–water partition coefficient (Wildman–Crippen LogP) is 1.08. The summed E-state index contributed by atoms with van der Waals surface area (Å²) < 4.78 is 63.2. The Morgan fingerprint density at radius 1 is 0.692 bits per heavy atom. The topological polar surface area (TPSA) is 40.5 Å². The Bertz CT molecular complexity index is 96.2. The van der Waals surface area contributed by atoms with Crippen LogP contribution >= 0.6 is 0 Å². The van der Waals surface area contributed by atoms with Crippen LogP contribution < -0.4 is 0 Å². The number of hydrogen-bond acceptors (Lipinski definition) is 2. The van der Waals surface area contributed by atoms with Gasteiger partial charge in [0.25, 0.3) is 0 Å². The van der Waals surface area contributed by atoms with Crippen LogP contribution in [-0.4, -0.2) is 35.8 Å². The van der Waals surface area contributed by atoms with Crippen molar-refractivity contribution < 1.29 is 57.0 Å². The van der Waals surface area contributed by atoms with Gasteiger partial charge in [-0.3, -0.25) is 0 Å². The van der Waals surface area contributed by atoms with E-state index in [0.29, 0.717) is 0 Å². The Balaban J connectivity index is -0.000000143. The van der Waals surface area contributed by atoms with Gasteiger partial charge in [-0.1, -0.05) is 0 Å². The minimum absolute atomic E-state index is 0. The van der Waals surface area contributed by atoms with Crippen LogP contribution in [0.2, 0.25) is 0 Å². The van der Waals surface area contributed by atoms with Gasteiger partial charge in [-0.25, -0.2) is 0 Å². The van der Waals surface area contributed by atoms with Crippen molar-refractivity contribution in [2.75, 3.05) is 13.2 Å². The Kier molecular flexibility index (Phi) is 11.0. The molecule has 0 radical (unpaired) electrons. The van der Waals surface area contributed by atoms with E-state index < -0.39 is 25.6 Å². The van der Waals surface area contributed by atoms with Gasteiger partial charge in [0.1, 0.15) is 13.2 Å². The number of aliphatic hydroxyl groups is 2. The summed E-state index contributed by atoms with van der Waals surface area (Å²) in [4.78, 5) is 0. The Morgan fingerprint density at radius 3 is 0.769 bits per heavy atom. The van der Waals surface area contributed by atoms with Crippen molar-refractivity contribution in [1.29, 1.82) is 0 Å². The molecule has 0 aliphatic rings. The van der Waals surface area contributed by atoms with Crippen LogP contribution in [0.4, 0.5) is 26.3 Å². The van der Waals surface area contributed by atoms with Crippen molar-refractivity contribution in [3.63, 3.8) is 0 Å². The summed E-state index contributed by atoms with van der Waals surface area (Å²) in [6, 6.07) is 0. The third-order valence-electron chi connectivity index (χ3n) is 0.359. The monoisotopic (exact) mass is 306 g/mol. The van der Waals surface area contributed by atoms with Crippen molar-refractivity contribution in [3.8, 4) is 0 Å². The fourth-order valence-electron chi connectivity index (χ4n) is 0. The maximum atomic E-state index is 10.5. The van der Waals surface area contributed by atoms with E-state index in [9.17, 15) is 26.3 Å². The molecule has 0 spiro atoms. The molecule has 9 heteroatoms. The second-order valence-corrected chi connectivity index (χ2v) is 1.55. The molecule has 0 atom stereocenters. The summed E-state index contributed by atoms with van der Waals surface area (Å²) in [6.07, 6.45) is -8.81. The summed E-state index contributed by atoms with van der Waals surface area (Å²) in [6.45, 7) is -3.46. The molecule has 0 aliphatic carbocycles. The number of rotatable bonds is 0. The maximum absolute atomic E-state index is 10.5. The van der Waals surface area contributed by atoms with Crippen LogP contribution in [0.25, 0.3) is 0 Å². The summed E-state index contributed by atoms with van der Waals surface area (Å²) >= 11 is 0. The average molecular weight is 306 g/mol. The fourth-order valence-corrected chi connectivity index (χ4v) is 0. The largest absolute Gasteiger partial charge is 0.411 e. The van der Waals surface area contributed by atoms with E-state index in [1.54, 1.807) is 0 Å². The third-order valence-corrected chi connectivity index (χ3v) is 0.359. The van der Waals surface area contributed by atoms with Crippen LogP contribution in [-0.2, 0) is 20.4 Å². The number of hydrogen-bond donors (Lipinski definition) is 2. The van der Waals surface area contributed by atoms with Crippen LogP contribution in [0.5, 0.6) is 0 Å². The first kappa shape index (κ1) is 18.9. The second-order valence-electron chi connectivity index (χ2n) is 1.55. The Labute approximate surface area is 83.2 Å². The number of aliphatic hydroxyl groups excluding tert-OH is 2. The van der Waals surface area contributed by atoms with E-state index >= 15 is 0 Å². The molecule has 0 amide bonds. The Morgan fingerprint density at radius 2 is 0.769 bits per heavy atom. The zero-order valence-corrected chi connectivity index (χ0v) is 7.45. The summed E-state index contributed by atoms with van der Waals surface area (Å²) in [7, 11) is 0. The SMILES string of the molecule is OCC(F)(F)F.OCC(F)(F)F.[Pd]. The van der Waals surface area contributed by atoms with Crippen LogP contribution in [0.3, 0.4) is 0 Å². The quantitative estimate of drug-likeness (QED) is 0.519. The van der Waals surface area contributed by atoms with E-state index in [4.69, 9.17) is 10.2 Å². The van der Waals surface area contributed by atoms with Crippen molar-refractivity contribution in [2.24, 2.45) is 0 Å². The molecular weight excluding hydrogens is 300 g/mol. The van der Waals surface area contributed by atoms with E-state index in [1.165, 1.54) is 0 Å². The molecule has 13 heavy (non-hydrogen) atoms. The minimum Gasteiger partial charge on any atom is -0.387 e. The first-order valence-corrected chi connectivity index (χ1v) is 2.47. The average Bonchev–Trinajstić information content (AvgIpc) is 1.86. The molecule has 0 saturated carbocycles. The molecule has 0 aliphatic heterocycles. The minimum atomic E-state index is -4.40. The van der Waals surface area contributed by atoms with E-state index in [0.717, 1.165) is 0 Å². The van der Waals surface area contributed by atoms with Crippen molar-refractivity contribution >= 4 is 0 Å². The second kappa shape index (κ2) is 7.56. The van der Waals surface area contributed by atoms with Gasteiger partial charge in [-0.15, -0.1) is 0 Å². The van der Waals surface area contributed by atoms with Crippen LogP contribution in [0, 0.1) is 0 Å². The first-order chi connectivity index (χ1) is 5.12. The third kappa shape index (κ3) is 33.1. The van der Waals surface area contributed by atoms with Crippen molar-refractivity contribution in [1.82, 2.24) is 0 Å². The van der Waals surface area contributed by atoms with Crippen molar-refractivity contribution in [3.05, 3.63) is 0 Å². The van der Waals surface area contributed by atoms with Gasteiger partial charge < -0.3 is 10.2 Å². The Hall–Kier alpha value is 0.162. The molecule has 0 aromatic rings. The first-order valence-electron chi connectivity index (χ1n) is 2.47. The van der Waals surface area contributed by atoms with Gasteiger partial charge in [0, 0.05) is 20.4 Å². The van der Waals surface area contributed by atoms with E-state index in [1.807, 2.05) is 0 Å². The summed E-state index contributed by atoms with van der Waals surface area (Å²) in [5.41, 5.74) is 0. The standard InChI is InChI=1S/2C2H3F3O.Pd/c2*3-2(4,5)1-6;/h2*6H,1H2;. The number of halogens is 6. The zero-order chi connectivity index (χ0) is 10.4. The molecule has 0 saturated heterocycles. The van der Waals surface area contributed by atoms with Crippen LogP contribution in [0.1, 0.15) is 0 Å². The predicted molar refractivity (Wildman–Crippen MR) is 26.3 cm³/mol. The fraction of sp³-hybridized carbons (Fsp3) is 1.00. The van der Waals surface area contributed by atoms with Gasteiger partial charge in [0.05, 0.1) is 0 Å². The molecule has 86 valence electrons. The zero-order valence-electron chi connectivity index (χ0n) is 5.89. The molecule has 2 N–H and O–H groups in total. The van der Waals surface area contributed by atoms with E-state index in [-0.39, 0.29) is 20.4 Å². The van der Waals surface area contributed by atoms with Gasteiger partial charge >= 0.3 is 12.4 Å². The number of alkyl halides is 6. The molecule has 0 heterocycles. The molecule has 0 bridgehead atoms. The molecular formula is C4H6F6O2Pd. The summed E-state index contributed by atoms with van der Waals surface area (Å²) in [5, 5.41) is 14.6. The molecule has 0 fully saturated rings. The maximum Gasteiger partial charge on any atom is 0.411 e. The molecule has 0 aromatic carbocycles. The smallest absolute Gasteiger partial charge is 0.387 e. The molecule has 2 nitrogen and oxygen atoms in total. The van der Waals surface area contributed by atoms with Gasteiger partial charge in [-0.05, 0) is 0 Å². The van der Waals surface area contributed by atoms with E-state index in [2.05, 4.69) is 0 Å². The summed E-state index contributed by atoms with van der Waals surface area (Å²) in [5.74, 6) is 0. The van der Waals surface area contributed by atoms with Gasteiger partial charge in [-0.2, -0.15) is 26.3 Å². The van der Waals surface area contributed by atoms with Gasteiger partial charge in [0.2, 0.25) is 0 Å². The van der Waals surface area contributed by atoms with Crippen LogP contribution in [0.15, 0.2) is 0 Å². The van der Waals surface area contributed by atoms with Crippen molar-refractivity contribution in [2.45, 2.75) is 12.4 Å². The molecule has 0 rings (SSSR count). The molecule has 0 aromatic heterocycles. The van der Waals surface area contributed by atoms with Gasteiger partial charge in [0.15, 0.2) is 0 Å². The normalized spacial score (nSPS) is 11.1. The molecule has 0 unspecified atom stereocenters.